The van der Waals surface area contributed by atoms with Gasteiger partial charge in [-0.25, -0.2) is 0 Å². The SMILES string of the molecule is CCNC1COCC1C(=O)NC(C)C(=O)N1CCCCC1. The highest BCUT2D eigenvalue weighted by atomic mass is 16.5. The molecule has 0 aromatic rings. The van der Waals surface area contributed by atoms with E-state index in [1.54, 1.807) is 6.92 Å². The van der Waals surface area contributed by atoms with Gasteiger partial charge in [0, 0.05) is 19.1 Å². The molecule has 0 bridgehead atoms. The number of carbonyl (C=O) groups excluding carboxylic acids is 2. The van der Waals surface area contributed by atoms with Gasteiger partial charge in [0.15, 0.2) is 0 Å². The smallest absolute Gasteiger partial charge is 0.244 e. The maximum Gasteiger partial charge on any atom is 0.244 e. The minimum atomic E-state index is -0.460. The zero-order valence-corrected chi connectivity index (χ0v) is 13.1. The van der Waals surface area contributed by atoms with E-state index in [1.165, 1.54) is 6.42 Å². The first-order valence-corrected chi connectivity index (χ1v) is 8.03. The highest BCUT2D eigenvalue weighted by molar-refractivity contribution is 5.88. The first-order valence-electron chi connectivity index (χ1n) is 8.03. The van der Waals surface area contributed by atoms with Crippen molar-refractivity contribution in [1.82, 2.24) is 15.5 Å². The molecule has 120 valence electrons. The summed E-state index contributed by atoms with van der Waals surface area (Å²) >= 11 is 0. The number of likely N-dealkylation sites (N-methyl/N-ethyl adjacent to an activating group) is 1. The van der Waals surface area contributed by atoms with Gasteiger partial charge in [0.05, 0.1) is 19.1 Å². The van der Waals surface area contributed by atoms with E-state index in [2.05, 4.69) is 10.6 Å². The quantitative estimate of drug-likeness (QED) is 0.757. The Balaban J connectivity index is 1.84. The molecule has 0 radical (unpaired) electrons. The van der Waals surface area contributed by atoms with Crippen LogP contribution in [-0.4, -0.2) is 61.6 Å². The molecule has 2 saturated heterocycles. The molecule has 2 heterocycles. The molecule has 0 aliphatic carbocycles. The van der Waals surface area contributed by atoms with Crippen LogP contribution in [0.3, 0.4) is 0 Å². The van der Waals surface area contributed by atoms with Gasteiger partial charge in [-0.3, -0.25) is 9.59 Å². The van der Waals surface area contributed by atoms with Crippen LogP contribution in [0.25, 0.3) is 0 Å². The lowest BCUT2D eigenvalue weighted by Crippen LogP contribution is -2.52. The molecule has 2 rings (SSSR count). The second-order valence-electron chi connectivity index (χ2n) is 5.92. The van der Waals surface area contributed by atoms with Gasteiger partial charge in [0.2, 0.25) is 11.8 Å². The van der Waals surface area contributed by atoms with Crippen LogP contribution in [0.1, 0.15) is 33.1 Å². The molecule has 2 amide bonds. The molecule has 2 aliphatic heterocycles. The zero-order valence-electron chi connectivity index (χ0n) is 13.1. The van der Waals surface area contributed by atoms with Gasteiger partial charge in [-0.2, -0.15) is 0 Å². The summed E-state index contributed by atoms with van der Waals surface area (Å²) in [5.74, 6) is -0.264. The van der Waals surface area contributed by atoms with E-state index in [0.29, 0.717) is 13.2 Å². The summed E-state index contributed by atoms with van der Waals surface area (Å²) in [6, 6.07) is -0.411. The van der Waals surface area contributed by atoms with E-state index < -0.39 is 6.04 Å². The number of piperidine rings is 1. The average Bonchev–Trinajstić information content (AvgIpc) is 2.96. The van der Waals surface area contributed by atoms with E-state index in [1.807, 2.05) is 11.8 Å². The van der Waals surface area contributed by atoms with Crippen LogP contribution in [0.5, 0.6) is 0 Å². The Morgan fingerprint density at radius 2 is 1.95 bits per heavy atom. The summed E-state index contributed by atoms with van der Waals surface area (Å²) in [7, 11) is 0. The second-order valence-corrected chi connectivity index (χ2v) is 5.92. The topological polar surface area (TPSA) is 70.7 Å². The Bertz CT molecular complexity index is 369. The lowest BCUT2D eigenvalue weighted by molar-refractivity contribution is -0.137. The molecule has 6 nitrogen and oxygen atoms in total. The van der Waals surface area contributed by atoms with Crippen LogP contribution >= 0.6 is 0 Å². The molecule has 6 heteroatoms. The fourth-order valence-corrected chi connectivity index (χ4v) is 3.05. The van der Waals surface area contributed by atoms with Crippen molar-refractivity contribution in [3.63, 3.8) is 0 Å². The Kier molecular flexibility index (Phi) is 5.99. The normalized spacial score (nSPS) is 27.4. The van der Waals surface area contributed by atoms with Gasteiger partial charge >= 0.3 is 0 Å². The molecular weight excluding hydrogens is 270 g/mol. The van der Waals surface area contributed by atoms with Gasteiger partial charge in [-0.05, 0) is 32.7 Å². The van der Waals surface area contributed by atoms with Crippen molar-refractivity contribution in [3.05, 3.63) is 0 Å². The molecular formula is C15H27N3O3. The third-order valence-corrected chi connectivity index (χ3v) is 4.28. The summed E-state index contributed by atoms with van der Waals surface area (Å²) < 4.78 is 5.38. The number of hydrogen-bond donors (Lipinski definition) is 2. The predicted octanol–water partition coefficient (Wildman–Crippen LogP) is 0.128. The van der Waals surface area contributed by atoms with Crippen LogP contribution in [0, 0.1) is 5.92 Å². The summed E-state index contributed by atoms with van der Waals surface area (Å²) in [5.41, 5.74) is 0. The maximum absolute atomic E-state index is 12.3. The van der Waals surface area contributed by atoms with E-state index in [-0.39, 0.29) is 23.8 Å². The minimum Gasteiger partial charge on any atom is -0.379 e. The first-order chi connectivity index (χ1) is 10.1. The zero-order chi connectivity index (χ0) is 15.2. The third-order valence-electron chi connectivity index (χ3n) is 4.28. The number of nitrogens with one attached hydrogen (secondary N) is 2. The van der Waals surface area contributed by atoms with E-state index in [9.17, 15) is 9.59 Å². The van der Waals surface area contributed by atoms with Crippen molar-refractivity contribution in [3.8, 4) is 0 Å². The van der Waals surface area contributed by atoms with Crippen LogP contribution in [0.4, 0.5) is 0 Å². The second kappa shape index (κ2) is 7.75. The maximum atomic E-state index is 12.3. The molecule has 0 spiro atoms. The fourth-order valence-electron chi connectivity index (χ4n) is 3.05. The number of amides is 2. The number of rotatable bonds is 5. The molecule has 3 atom stereocenters. The van der Waals surface area contributed by atoms with Gasteiger partial charge < -0.3 is 20.3 Å². The summed E-state index contributed by atoms with van der Waals surface area (Å²) in [4.78, 5) is 26.5. The lowest BCUT2D eigenvalue weighted by atomic mass is 10.0. The van der Waals surface area contributed by atoms with Crippen molar-refractivity contribution in [2.24, 2.45) is 5.92 Å². The Labute approximate surface area is 126 Å². The van der Waals surface area contributed by atoms with Crippen molar-refractivity contribution in [2.45, 2.75) is 45.2 Å². The van der Waals surface area contributed by atoms with E-state index in [0.717, 1.165) is 32.5 Å². The van der Waals surface area contributed by atoms with Crippen LogP contribution in [-0.2, 0) is 14.3 Å². The van der Waals surface area contributed by atoms with Gasteiger partial charge in [0.25, 0.3) is 0 Å². The monoisotopic (exact) mass is 297 g/mol. The molecule has 21 heavy (non-hydrogen) atoms. The van der Waals surface area contributed by atoms with Gasteiger partial charge in [-0.15, -0.1) is 0 Å². The molecule has 2 aliphatic rings. The molecule has 0 aromatic carbocycles. The van der Waals surface area contributed by atoms with Crippen molar-refractivity contribution < 1.29 is 14.3 Å². The van der Waals surface area contributed by atoms with Crippen LogP contribution in [0.15, 0.2) is 0 Å². The Morgan fingerprint density at radius 1 is 1.24 bits per heavy atom. The minimum absolute atomic E-state index is 0.0296. The van der Waals surface area contributed by atoms with E-state index in [4.69, 9.17) is 4.74 Å². The molecule has 0 aromatic heterocycles. The van der Waals surface area contributed by atoms with Crippen molar-refractivity contribution in [1.29, 1.82) is 0 Å². The lowest BCUT2D eigenvalue weighted by Gasteiger charge is -2.30. The van der Waals surface area contributed by atoms with Crippen LogP contribution < -0.4 is 10.6 Å². The number of ether oxygens (including phenoxy) is 1. The number of nitrogens with zero attached hydrogens (tertiary/aromatic N) is 1. The fraction of sp³-hybridized carbons (Fsp3) is 0.867. The first kappa shape index (κ1) is 16.2. The molecule has 2 N–H and O–H groups in total. The average molecular weight is 297 g/mol. The molecule has 2 fully saturated rings. The Morgan fingerprint density at radius 3 is 2.62 bits per heavy atom. The largest absolute Gasteiger partial charge is 0.379 e. The summed E-state index contributed by atoms with van der Waals surface area (Å²) in [6.07, 6.45) is 3.31. The number of carbonyl (C=O) groups is 2. The summed E-state index contributed by atoms with van der Waals surface area (Å²) in [5, 5.41) is 6.12. The predicted molar refractivity (Wildman–Crippen MR) is 79.8 cm³/mol. The number of hydrogen-bond acceptors (Lipinski definition) is 4. The Hall–Kier alpha value is -1.14. The van der Waals surface area contributed by atoms with Crippen LogP contribution in [0.2, 0.25) is 0 Å². The highest BCUT2D eigenvalue weighted by Gasteiger charge is 2.35. The standard InChI is InChI=1S/C15H27N3O3/c1-3-16-13-10-21-9-12(13)14(19)17-11(2)15(20)18-7-5-4-6-8-18/h11-13,16H,3-10H2,1-2H3,(H,17,19). The highest BCUT2D eigenvalue weighted by Crippen LogP contribution is 2.15. The van der Waals surface area contributed by atoms with Gasteiger partial charge in [0.1, 0.15) is 6.04 Å². The molecule has 0 saturated carbocycles. The van der Waals surface area contributed by atoms with Crippen molar-refractivity contribution >= 4 is 11.8 Å². The van der Waals surface area contributed by atoms with Gasteiger partial charge in [-0.1, -0.05) is 6.92 Å². The number of likely N-dealkylation sites (tertiary alicyclic amines) is 1. The third kappa shape index (κ3) is 4.17. The molecule has 3 unspecified atom stereocenters. The van der Waals surface area contributed by atoms with Crippen molar-refractivity contribution in [2.75, 3.05) is 32.8 Å². The van der Waals surface area contributed by atoms with E-state index >= 15 is 0 Å². The summed E-state index contributed by atoms with van der Waals surface area (Å²) in [6.45, 7) is 7.19.